The molecule has 0 atom stereocenters. The Morgan fingerprint density at radius 2 is 1.40 bits per heavy atom. The molecule has 0 aliphatic heterocycles. The summed E-state index contributed by atoms with van der Waals surface area (Å²) in [6.07, 6.45) is 12.8. The van der Waals surface area contributed by atoms with Crippen LogP contribution < -0.4 is 10.6 Å². The highest BCUT2D eigenvalue weighted by Crippen LogP contribution is 2.40. The minimum atomic E-state index is 0.133. The van der Waals surface area contributed by atoms with E-state index in [1.165, 1.54) is 11.1 Å². The van der Waals surface area contributed by atoms with Gasteiger partial charge in [0, 0.05) is 25.3 Å². The summed E-state index contributed by atoms with van der Waals surface area (Å²) in [5.41, 5.74) is 4.27. The fourth-order valence-electron chi connectivity index (χ4n) is 2.82. The fraction of sp³-hybridized carbons (Fsp3) is 0.565. The van der Waals surface area contributed by atoms with Crippen molar-refractivity contribution in [3.8, 4) is 0 Å². The van der Waals surface area contributed by atoms with Gasteiger partial charge in [-0.15, -0.1) is 6.58 Å². The predicted octanol–water partition coefficient (Wildman–Crippen LogP) is 5.78. The zero-order chi connectivity index (χ0) is 19.5. The van der Waals surface area contributed by atoms with E-state index in [1.54, 1.807) is 0 Å². The van der Waals surface area contributed by atoms with Gasteiger partial charge in [0.25, 0.3) is 0 Å². The monoisotopic (exact) mass is 344 g/mol. The minimum absolute atomic E-state index is 0.133. The van der Waals surface area contributed by atoms with E-state index in [2.05, 4.69) is 90.0 Å². The third-order valence-electron chi connectivity index (χ3n) is 3.91. The molecular weight excluding hydrogens is 304 g/mol. The lowest BCUT2D eigenvalue weighted by Crippen LogP contribution is -2.23. The normalized spacial score (nSPS) is 15.0. The molecule has 0 aromatic carbocycles. The fourth-order valence-corrected chi connectivity index (χ4v) is 2.82. The molecule has 0 fully saturated rings. The summed E-state index contributed by atoms with van der Waals surface area (Å²) < 4.78 is 0. The smallest absolute Gasteiger partial charge is 0.0328 e. The van der Waals surface area contributed by atoms with Gasteiger partial charge in [-0.3, -0.25) is 0 Å². The average molecular weight is 345 g/mol. The standard InChI is InChI=1S/C23H40N2/c1-10-13-19(25-16-11-2)14-17-24-18-15-21(23(7,8)9)20(12-3)22(4,5)6/h10-15,24-25H,2,16-18H2,1,3-9H3/b13-10-,19-14+,20-12+,21-15+. The van der Waals surface area contributed by atoms with Crippen molar-refractivity contribution in [3.05, 3.63) is 59.9 Å². The molecule has 0 aliphatic rings. The molecular formula is C23H40N2. The van der Waals surface area contributed by atoms with Crippen molar-refractivity contribution in [3.63, 3.8) is 0 Å². The van der Waals surface area contributed by atoms with Crippen LogP contribution in [0.3, 0.4) is 0 Å². The topological polar surface area (TPSA) is 24.1 Å². The van der Waals surface area contributed by atoms with E-state index in [0.717, 1.165) is 25.3 Å². The molecule has 2 heteroatoms. The van der Waals surface area contributed by atoms with Crippen LogP contribution in [0.25, 0.3) is 0 Å². The van der Waals surface area contributed by atoms with Crippen LogP contribution in [0.5, 0.6) is 0 Å². The van der Waals surface area contributed by atoms with Gasteiger partial charge in [-0.2, -0.15) is 0 Å². The van der Waals surface area contributed by atoms with E-state index in [1.807, 2.05) is 19.1 Å². The first-order chi connectivity index (χ1) is 11.6. The van der Waals surface area contributed by atoms with Crippen LogP contribution in [0.4, 0.5) is 0 Å². The summed E-state index contributed by atoms with van der Waals surface area (Å²) >= 11 is 0. The lowest BCUT2D eigenvalue weighted by Gasteiger charge is -2.33. The molecule has 0 radical (unpaired) electrons. The number of rotatable bonds is 9. The van der Waals surface area contributed by atoms with Gasteiger partial charge in [0.2, 0.25) is 0 Å². The largest absolute Gasteiger partial charge is 0.382 e. The molecule has 0 aromatic heterocycles. The van der Waals surface area contributed by atoms with E-state index in [0.29, 0.717) is 0 Å². The number of hydrogen-bond acceptors (Lipinski definition) is 2. The molecule has 142 valence electrons. The van der Waals surface area contributed by atoms with Crippen LogP contribution in [0.2, 0.25) is 0 Å². The molecule has 0 bridgehead atoms. The maximum Gasteiger partial charge on any atom is 0.0328 e. The van der Waals surface area contributed by atoms with Crippen LogP contribution in [0, 0.1) is 10.8 Å². The van der Waals surface area contributed by atoms with Gasteiger partial charge in [0.1, 0.15) is 0 Å². The van der Waals surface area contributed by atoms with Gasteiger partial charge in [-0.05, 0) is 48.0 Å². The molecule has 2 N–H and O–H groups in total. The number of hydrogen-bond donors (Lipinski definition) is 2. The molecule has 0 saturated heterocycles. The average Bonchev–Trinajstić information content (AvgIpc) is 2.48. The summed E-state index contributed by atoms with van der Waals surface area (Å²) in [4.78, 5) is 0. The molecule has 0 rings (SSSR count). The molecule has 0 unspecified atom stereocenters. The van der Waals surface area contributed by atoms with Gasteiger partial charge >= 0.3 is 0 Å². The zero-order valence-electron chi connectivity index (χ0n) is 17.8. The Kier molecular flexibility index (Phi) is 10.5. The molecule has 2 nitrogen and oxygen atoms in total. The first-order valence-electron chi connectivity index (χ1n) is 9.34. The van der Waals surface area contributed by atoms with Crippen LogP contribution in [-0.2, 0) is 0 Å². The molecule has 0 heterocycles. The van der Waals surface area contributed by atoms with E-state index >= 15 is 0 Å². The van der Waals surface area contributed by atoms with Crippen LogP contribution >= 0.6 is 0 Å². The van der Waals surface area contributed by atoms with E-state index in [-0.39, 0.29) is 10.8 Å². The highest BCUT2D eigenvalue weighted by atomic mass is 14.9. The summed E-state index contributed by atoms with van der Waals surface area (Å²) in [5, 5.41) is 6.84. The van der Waals surface area contributed by atoms with Crippen LogP contribution in [0.15, 0.2) is 59.9 Å². The van der Waals surface area contributed by atoms with Gasteiger partial charge in [0.15, 0.2) is 0 Å². The molecule has 25 heavy (non-hydrogen) atoms. The Morgan fingerprint density at radius 3 is 1.84 bits per heavy atom. The highest BCUT2D eigenvalue weighted by Gasteiger charge is 2.27. The second-order valence-electron chi connectivity index (χ2n) is 8.31. The number of nitrogens with one attached hydrogen (secondary N) is 2. The van der Waals surface area contributed by atoms with Gasteiger partial charge in [0.05, 0.1) is 0 Å². The summed E-state index contributed by atoms with van der Waals surface area (Å²) in [7, 11) is 0. The van der Waals surface area contributed by atoms with Crippen molar-refractivity contribution in [2.45, 2.75) is 55.4 Å². The quantitative estimate of drug-likeness (QED) is 0.315. The SMILES string of the molecule is C=CCNC(/C=C\C)=C/CNC/C=C(\C(=C/C)C(C)(C)C)C(C)(C)C. The zero-order valence-corrected chi connectivity index (χ0v) is 17.8. The Hall–Kier alpha value is -1.54. The highest BCUT2D eigenvalue weighted by molar-refractivity contribution is 5.39. The Labute approximate surface area is 156 Å². The van der Waals surface area contributed by atoms with Crippen molar-refractivity contribution in [2.75, 3.05) is 19.6 Å². The van der Waals surface area contributed by atoms with Crippen molar-refractivity contribution >= 4 is 0 Å². The minimum Gasteiger partial charge on any atom is -0.382 e. The molecule has 0 spiro atoms. The van der Waals surface area contributed by atoms with Gasteiger partial charge < -0.3 is 10.6 Å². The summed E-state index contributed by atoms with van der Waals surface area (Å²) in [6, 6.07) is 0. The molecule has 0 saturated carbocycles. The third kappa shape index (κ3) is 9.50. The van der Waals surface area contributed by atoms with Crippen LogP contribution in [-0.4, -0.2) is 19.6 Å². The summed E-state index contributed by atoms with van der Waals surface area (Å²) in [6.45, 7) is 24.1. The first kappa shape index (κ1) is 23.5. The van der Waals surface area contributed by atoms with E-state index < -0.39 is 0 Å². The van der Waals surface area contributed by atoms with Crippen molar-refractivity contribution in [1.29, 1.82) is 0 Å². The number of allylic oxidation sites excluding steroid dienone is 5. The van der Waals surface area contributed by atoms with Crippen molar-refractivity contribution in [1.82, 2.24) is 10.6 Å². The summed E-state index contributed by atoms with van der Waals surface area (Å²) in [5.74, 6) is 0. The predicted molar refractivity (Wildman–Crippen MR) is 115 cm³/mol. The molecule has 0 amide bonds. The van der Waals surface area contributed by atoms with E-state index in [9.17, 15) is 0 Å². The molecule has 0 aromatic rings. The Bertz CT molecular complexity index is 517. The van der Waals surface area contributed by atoms with Crippen molar-refractivity contribution < 1.29 is 0 Å². The second kappa shape index (κ2) is 11.1. The second-order valence-corrected chi connectivity index (χ2v) is 8.31. The third-order valence-corrected chi connectivity index (χ3v) is 3.91. The van der Waals surface area contributed by atoms with E-state index in [4.69, 9.17) is 0 Å². The maximum atomic E-state index is 3.75. The van der Waals surface area contributed by atoms with Gasteiger partial charge in [-0.1, -0.05) is 65.8 Å². The maximum absolute atomic E-state index is 3.75. The molecule has 0 aliphatic carbocycles. The van der Waals surface area contributed by atoms with Gasteiger partial charge in [-0.25, -0.2) is 0 Å². The lowest BCUT2D eigenvalue weighted by molar-refractivity contribution is 0.444. The Balaban J connectivity index is 5.02. The first-order valence-corrected chi connectivity index (χ1v) is 9.34. The van der Waals surface area contributed by atoms with Crippen LogP contribution in [0.1, 0.15) is 55.4 Å². The lowest BCUT2D eigenvalue weighted by atomic mass is 9.72. The van der Waals surface area contributed by atoms with Crippen molar-refractivity contribution in [2.24, 2.45) is 10.8 Å². The Morgan fingerprint density at radius 1 is 0.840 bits per heavy atom.